The largest absolute Gasteiger partial charge is 0.368 e. The van der Waals surface area contributed by atoms with Crippen LogP contribution in [0.5, 0.6) is 0 Å². The number of aromatic nitrogens is 2. The molecule has 0 bridgehead atoms. The maximum Gasteiger partial charge on any atom is 0.181 e. The van der Waals surface area contributed by atoms with Crippen molar-refractivity contribution in [2.75, 3.05) is 6.61 Å². The Bertz CT molecular complexity index is 363. The van der Waals surface area contributed by atoms with Crippen molar-refractivity contribution in [2.45, 2.75) is 39.7 Å². The van der Waals surface area contributed by atoms with Gasteiger partial charge in [-0.1, -0.05) is 18.5 Å². The molecule has 1 aromatic heterocycles. The first-order valence-corrected chi connectivity index (χ1v) is 5.66. The van der Waals surface area contributed by atoms with Crippen molar-refractivity contribution in [3.05, 3.63) is 22.5 Å². The molecule has 0 saturated carbocycles. The Morgan fingerprint density at radius 1 is 1.38 bits per heavy atom. The fourth-order valence-electron chi connectivity index (χ4n) is 1.40. The Hall–Kier alpha value is -0.740. The first-order valence-electron chi connectivity index (χ1n) is 5.28. The molecule has 3 nitrogen and oxygen atoms in total. The summed E-state index contributed by atoms with van der Waals surface area (Å²) < 4.78 is 18.9. The molecule has 1 heterocycles. The number of halogens is 2. The van der Waals surface area contributed by atoms with Gasteiger partial charge in [-0.15, -0.1) is 0 Å². The molecule has 1 unspecified atom stereocenters. The fraction of sp³-hybridized carbons (Fsp3) is 0.636. The van der Waals surface area contributed by atoms with E-state index in [4.69, 9.17) is 16.3 Å². The van der Waals surface area contributed by atoms with Crippen LogP contribution in [0.3, 0.4) is 0 Å². The van der Waals surface area contributed by atoms with Gasteiger partial charge in [0.1, 0.15) is 5.60 Å². The van der Waals surface area contributed by atoms with Gasteiger partial charge in [0.25, 0.3) is 0 Å². The Kier molecular flexibility index (Phi) is 4.21. The Morgan fingerprint density at radius 3 is 2.44 bits per heavy atom. The van der Waals surface area contributed by atoms with Crippen molar-refractivity contribution < 1.29 is 9.13 Å². The van der Waals surface area contributed by atoms with E-state index in [-0.39, 0.29) is 10.8 Å². The Morgan fingerprint density at radius 2 is 2.00 bits per heavy atom. The van der Waals surface area contributed by atoms with Crippen LogP contribution in [0.4, 0.5) is 4.39 Å². The summed E-state index contributed by atoms with van der Waals surface area (Å²) in [6, 6.07) is 0. The van der Waals surface area contributed by atoms with Crippen LogP contribution < -0.4 is 0 Å². The molecular formula is C11H16ClFN2O. The molecule has 0 aliphatic rings. The first kappa shape index (κ1) is 13.3. The summed E-state index contributed by atoms with van der Waals surface area (Å²) >= 11 is 5.70. The number of rotatable bonds is 4. The molecule has 0 aliphatic heterocycles. The number of hydrogen-bond acceptors (Lipinski definition) is 3. The van der Waals surface area contributed by atoms with Gasteiger partial charge < -0.3 is 4.74 Å². The van der Waals surface area contributed by atoms with E-state index in [0.29, 0.717) is 18.9 Å². The summed E-state index contributed by atoms with van der Waals surface area (Å²) in [5.74, 6) is -0.138. The van der Waals surface area contributed by atoms with Crippen LogP contribution >= 0.6 is 11.6 Å². The molecule has 16 heavy (non-hydrogen) atoms. The van der Waals surface area contributed by atoms with Crippen molar-refractivity contribution in [1.82, 2.24) is 9.97 Å². The number of aryl methyl sites for hydroxylation is 1. The van der Waals surface area contributed by atoms with E-state index < -0.39 is 11.4 Å². The number of nitrogens with zero attached hydrogens (tertiary/aromatic N) is 2. The molecule has 0 amide bonds. The molecule has 0 aromatic carbocycles. The van der Waals surface area contributed by atoms with Gasteiger partial charge in [0.15, 0.2) is 16.8 Å². The van der Waals surface area contributed by atoms with Crippen LogP contribution in [0.15, 0.2) is 0 Å². The molecule has 90 valence electrons. The first-order chi connectivity index (χ1) is 7.44. The van der Waals surface area contributed by atoms with Gasteiger partial charge in [0, 0.05) is 6.61 Å². The zero-order valence-corrected chi connectivity index (χ0v) is 10.7. The van der Waals surface area contributed by atoms with E-state index >= 15 is 0 Å². The van der Waals surface area contributed by atoms with Gasteiger partial charge in [0.2, 0.25) is 0 Å². The van der Waals surface area contributed by atoms with E-state index in [1.165, 1.54) is 0 Å². The highest BCUT2D eigenvalue weighted by molar-refractivity contribution is 6.29. The van der Waals surface area contributed by atoms with Gasteiger partial charge in [0.05, 0.1) is 5.69 Å². The lowest BCUT2D eigenvalue weighted by atomic mass is 10.0. The van der Waals surface area contributed by atoms with Crippen molar-refractivity contribution >= 4 is 11.6 Å². The van der Waals surface area contributed by atoms with E-state index in [0.717, 1.165) is 0 Å². The van der Waals surface area contributed by atoms with E-state index in [2.05, 4.69) is 9.97 Å². The second kappa shape index (κ2) is 5.06. The SMILES string of the molecule is CCOC(C)(CC)c1nc(C)c(F)c(Cl)n1. The maximum absolute atomic E-state index is 13.3. The standard InChI is InChI=1S/C11H16ClFN2O/c1-5-11(4,16-6-2)10-14-7(3)8(13)9(12)15-10/h5-6H2,1-4H3. The molecule has 0 fully saturated rings. The predicted molar refractivity (Wildman–Crippen MR) is 61.0 cm³/mol. The number of ether oxygens (including phenoxy) is 1. The average molecular weight is 247 g/mol. The third-order valence-electron chi connectivity index (χ3n) is 2.59. The summed E-state index contributed by atoms with van der Waals surface area (Å²) in [6.45, 7) is 7.84. The Labute approximate surface area is 100 Å². The third kappa shape index (κ3) is 2.50. The molecular weight excluding hydrogens is 231 g/mol. The zero-order chi connectivity index (χ0) is 12.3. The highest BCUT2D eigenvalue weighted by Gasteiger charge is 2.29. The molecule has 1 rings (SSSR count). The summed E-state index contributed by atoms with van der Waals surface area (Å²) in [5, 5.41) is -0.151. The second-order valence-electron chi connectivity index (χ2n) is 3.75. The van der Waals surface area contributed by atoms with Crippen LogP contribution in [-0.2, 0) is 10.3 Å². The van der Waals surface area contributed by atoms with Gasteiger partial charge >= 0.3 is 0 Å². The molecule has 0 aliphatic carbocycles. The lowest BCUT2D eigenvalue weighted by molar-refractivity contribution is -0.0392. The van der Waals surface area contributed by atoms with Crippen LogP contribution in [0.25, 0.3) is 0 Å². The molecule has 0 N–H and O–H groups in total. The zero-order valence-electron chi connectivity index (χ0n) is 9.97. The number of hydrogen-bond donors (Lipinski definition) is 0. The fourth-order valence-corrected chi connectivity index (χ4v) is 1.62. The topological polar surface area (TPSA) is 35.0 Å². The molecule has 5 heteroatoms. The van der Waals surface area contributed by atoms with E-state index in [1.54, 1.807) is 6.92 Å². The third-order valence-corrected chi connectivity index (χ3v) is 2.84. The smallest absolute Gasteiger partial charge is 0.181 e. The van der Waals surface area contributed by atoms with Gasteiger partial charge in [-0.2, -0.15) is 0 Å². The van der Waals surface area contributed by atoms with Crippen molar-refractivity contribution in [3.8, 4) is 0 Å². The van der Waals surface area contributed by atoms with Gasteiger partial charge in [-0.25, -0.2) is 14.4 Å². The second-order valence-corrected chi connectivity index (χ2v) is 4.11. The van der Waals surface area contributed by atoms with Crippen LogP contribution in [0.2, 0.25) is 5.15 Å². The van der Waals surface area contributed by atoms with E-state index in [9.17, 15) is 4.39 Å². The average Bonchev–Trinajstić information content (AvgIpc) is 2.25. The summed E-state index contributed by atoms with van der Waals surface area (Å²) in [5.41, 5.74) is -0.369. The lowest BCUT2D eigenvalue weighted by Crippen LogP contribution is -2.28. The minimum absolute atomic E-state index is 0.151. The van der Waals surface area contributed by atoms with Gasteiger partial charge in [-0.05, 0) is 27.2 Å². The van der Waals surface area contributed by atoms with Crippen LogP contribution in [0.1, 0.15) is 38.7 Å². The van der Waals surface area contributed by atoms with Crippen molar-refractivity contribution in [1.29, 1.82) is 0 Å². The highest BCUT2D eigenvalue weighted by atomic mass is 35.5. The normalized spacial score (nSPS) is 14.9. The molecule has 1 aromatic rings. The molecule has 0 saturated heterocycles. The molecule has 1 atom stereocenters. The van der Waals surface area contributed by atoms with Crippen molar-refractivity contribution in [3.63, 3.8) is 0 Å². The van der Waals surface area contributed by atoms with Crippen LogP contribution in [0, 0.1) is 12.7 Å². The lowest BCUT2D eigenvalue weighted by Gasteiger charge is -2.26. The van der Waals surface area contributed by atoms with E-state index in [1.807, 2.05) is 20.8 Å². The minimum Gasteiger partial charge on any atom is -0.368 e. The summed E-state index contributed by atoms with van der Waals surface area (Å²) in [6.07, 6.45) is 0.697. The maximum atomic E-state index is 13.3. The minimum atomic E-state index is -0.614. The quantitative estimate of drug-likeness (QED) is 0.765. The monoisotopic (exact) mass is 246 g/mol. The molecule has 0 radical (unpaired) electrons. The summed E-state index contributed by atoms with van der Waals surface area (Å²) in [7, 11) is 0. The predicted octanol–water partition coefficient (Wildman–Crippen LogP) is 3.24. The molecule has 0 spiro atoms. The Balaban J connectivity index is 3.21. The van der Waals surface area contributed by atoms with Crippen LogP contribution in [-0.4, -0.2) is 16.6 Å². The highest BCUT2D eigenvalue weighted by Crippen LogP contribution is 2.28. The summed E-state index contributed by atoms with van der Waals surface area (Å²) in [4.78, 5) is 8.05. The van der Waals surface area contributed by atoms with Gasteiger partial charge in [-0.3, -0.25) is 0 Å². The van der Waals surface area contributed by atoms with Crippen molar-refractivity contribution in [2.24, 2.45) is 0 Å².